The lowest BCUT2D eigenvalue weighted by atomic mass is 9.95. The maximum absolute atomic E-state index is 14.3. The van der Waals surface area contributed by atoms with E-state index in [-0.39, 0.29) is 35.7 Å². The Bertz CT molecular complexity index is 5310. The summed E-state index contributed by atoms with van der Waals surface area (Å²) in [6, 6.07) is 38.2. The van der Waals surface area contributed by atoms with Gasteiger partial charge in [-0.2, -0.15) is 5.09 Å². The number of nitrogens with one attached hydrogen (secondary N) is 5. The number of hydrogen-bond donors (Lipinski definition) is 10. The van der Waals surface area contributed by atoms with Crippen LogP contribution >= 0.6 is 56.6 Å². The molecule has 2 saturated heterocycles. The van der Waals surface area contributed by atoms with Crippen LogP contribution in [0.2, 0.25) is 0 Å². The molecule has 3 unspecified atom stereocenters. The van der Waals surface area contributed by atoms with Gasteiger partial charge in [0.05, 0.1) is 18.9 Å². The van der Waals surface area contributed by atoms with Crippen LogP contribution in [-0.2, 0) is 56.3 Å². The molecule has 116 heavy (non-hydrogen) atoms. The number of halogens is 3. The average Bonchev–Trinajstić information content (AvgIpc) is 1.60. The van der Waals surface area contributed by atoms with E-state index in [0.717, 1.165) is 138 Å². The Kier molecular flexibility index (Phi) is 31.2. The van der Waals surface area contributed by atoms with Gasteiger partial charge < -0.3 is 62.8 Å². The third kappa shape index (κ3) is 22.7. The lowest BCUT2D eigenvalue weighted by Gasteiger charge is -2.27. The van der Waals surface area contributed by atoms with Gasteiger partial charge in [-0.05, 0) is 167 Å². The number of aromatic nitrogens is 4. The second-order valence-electron chi connectivity index (χ2n) is 28.5. The highest BCUT2D eigenvalue weighted by atomic mass is 35.7. The van der Waals surface area contributed by atoms with Crippen molar-refractivity contribution in [1.29, 1.82) is 0 Å². The molecule has 2 aliphatic heterocycles. The van der Waals surface area contributed by atoms with Crippen LogP contribution in [0.3, 0.4) is 0 Å². The molecule has 3 saturated carbocycles. The van der Waals surface area contributed by atoms with Gasteiger partial charge in [-0.1, -0.05) is 123 Å². The molecule has 0 bridgehead atoms. The van der Waals surface area contributed by atoms with Crippen LogP contribution in [0.5, 0.6) is 17.2 Å². The summed E-state index contributed by atoms with van der Waals surface area (Å²) in [5, 5.41) is 68.8. The molecule has 0 spiro atoms. The van der Waals surface area contributed by atoms with Crippen molar-refractivity contribution >= 4 is 107 Å². The molecule has 622 valence electrons. The number of carbonyl (C=O) groups excluding carboxylic acids is 3. The van der Waals surface area contributed by atoms with Crippen molar-refractivity contribution in [2.24, 2.45) is 0 Å². The molecular weight excluding hydrogens is 1630 g/mol. The number of carbonyl (C=O) groups is 3. The van der Waals surface area contributed by atoms with Gasteiger partial charge in [-0.3, -0.25) is 52.2 Å². The smallest absolute Gasteiger partial charge is 0.459 e. The Morgan fingerprint density at radius 1 is 0.517 bits per heavy atom. The number of esters is 3. The molecule has 8 aromatic rings. The van der Waals surface area contributed by atoms with Crippen molar-refractivity contribution in [3.8, 4) is 39.8 Å². The van der Waals surface area contributed by atoms with E-state index < -0.39 is 136 Å². The quantitative estimate of drug-likeness (QED) is 0.0110. The molecule has 13 rings (SSSR count). The van der Waals surface area contributed by atoms with Gasteiger partial charge in [0, 0.05) is 62.7 Å². The highest BCUT2D eigenvalue weighted by molar-refractivity contribution is 7.84. The summed E-state index contributed by atoms with van der Waals surface area (Å²) in [5.41, 5.74) is -8.07. The number of aromatic amines is 2. The fraction of sp³-hybridized carbons (Fsp3) is 0.430. The Hall–Kier alpha value is -8.49. The molecule has 31 nitrogen and oxygen atoms in total. The zero-order valence-corrected chi connectivity index (χ0v) is 68.7. The largest absolute Gasteiger partial charge is 0.461 e. The minimum Gasteiger partial charge on any atom is -0.461 e. The minimum absolute atomic E-state index is 0.0147. The molecule has 0 amide bonds. The Morgan fingerprint density at radius 2 is 0.871 bits per heavy atom. The monoisotopic (exact) mass is 1720 g/mol. The molecular formula is C79H91Cl3N7O24P3. The molecule has 10 N–H and O–H groups in total. The Labute approximate surface area is 681 Å². The molecule has 37 heteroatoms. The van der Waals surface area contributed by atoms with Gasteiger partial charge in [0.1, 0.15) is 78.1 Å². The van der Waals surface area contributed by atoms with Crippen molar-refractivity contribution in [3.63, 3.8) is 0 Å². The predicted octanol–water partition coefficient (Wildman–Crippen LogP) is 10.6. The van der Waals surface area contributed by atoms with Crippen LogP contribution < -0.4 is 51.3 Å². The van der Waals surface area contributed by atoms with Crippen LogP contribution in [0.25, 0.3) is 32.3 Å². The SMILES string of the molecule is CC(C)P(=O)(N[C@@H](C)C(=O)OC1CCCC1)Oc1cccc2ccccc12.C[C@H](NP(=O)(Cl)Oc1cccc2ccccc12)C(=O)OC1CCCC1.C[C@H](NP(=O)(OC[C@H]1O[C@@H](n2ccc(=O)[nH]c2=O)[C@@](O)(C#CCl)[C@@H]1O)Oc1cccc2ccccc12)C(=O)OC1CCCC1.O=c1ccn([C@@H]2O[C@H](CO)[C@@H](O)[C@]2(O)C#CCl)c(=O)[nH]1. The summed E-state index contributed by atoms with van der Waals surface area (Å²) < 4.78 is 92.7. The number of aliphatic hydroxyl groups is 5. The number of H-pyrrole nitrogens is 2. The molecule has 0 radical (unpaired) electrons. The maximum atomic E-state index is 14.3. The predicted molar refractivity (Wildman–Crippen MR) is 433 cm³/mol. The highest BCUT2D eigenvalue weighted by Crippen LogP contribution is 2.53. The summed E-state index contributed by atoms with van der Waals surface area (Å²) in [4.78, 5) is 88.2. The third-order valence-electron chi connectivity index (χ3n) is 19.7. The van der Waals surface area contributed by atoms with E-state index >= 15 is 0 Å². The normalized spacial score (nSPS) is 23.6. The maximum Gasteiger partial charge on any atom is 0.459 e. The average molecular weight is 1720 g/mol. The standard InChI is InChI=1S/C29H31ClN3O10P.C21H28NO4P.C18H21ClNO4P.C11H11ClN2O6/c1-18(26(36)41-20-9-3-4-10-20)32-44(39,43-22-12-6-8-19-7-2-5-11-21(19)22)40-17-23-25(35)29(38,14-15-30)27(42-23)33-16-13-24(34)31-28(33)37;1-15(2)27(24,22-16(3)21(23)25-18-11-5-6-12-18)26-20-14-8-10-17-9-4-7-13-19(17)20;1-13(18(21)23-15-9-3-4-10-15)20-25(19,22)24-17-12-6-8-14-7-2-5-11-16(14)17;12-3-2-11(19)8(17)6(5-15)20-9(11)14-4-1-7(16)13-10(14)18/h2,5-8,11-13,16,18,20,23,25,27,35,38H,3-4,9-10,17H2,1H3,(H,32,39)(H,31,34,37);4,7-10,13-16,18H,5-6,11-12H2,1-3H3,(H,22,24);2,5-8,11-13,15H,3-4,9-10H2,1H3,(H,20,22);1,4,6,8-9,15,17,19H,5H2,(H,13,16,18)/t18-,23+,25+,27+,29+,44?;16-,27?;13-,25?;6-,8-,9-,11-/m0001/s1. The van der Waals surface area contributed by atoms with E-state index in [1.54, 1.807) is 56.3 Å². The van der Waals surface area contributed by atoms with Crippen molar-refractivity contribution in [1.82, 2.24) is 34.4 Å². The van der Waals surface area contributed by atoms with Crippen LogP contribution in [-0.4, -0.2) is 153 Å². The van der Waals surface area contributed by atoms with Crippen LogP contribution in [0.1, 0.15) is 124 Å². The van der Waals surface area contributed by atoms with E-state index in [1.165, 1.54) is 6.92 Å². The lowest BCUT2D eigenvalue weighted by Crippen LogP contribution is -2.48. The van der Waals surface area contributed by atoms with E-state index in [9.17, 15) is 67.7 Å². The van der Waals surface area contributed by atoms with Crippen molar-refractivity contribution in [2.75, 3.05) is 13.2 Å². The van der Waals surface area contributed by atoms with E-state index in [2.05, 4.69) is 27.1 Å². The molecule has 5 fully saturated rings. The van der Waals surface area contributed by atoms with Gasteiger partial charge in [0.15, 0.2) is 12.5 Å². The number of aliphatic hydroxyl groups excluding tert-OH is 3. The van der Waals surface area contributed by atoms with E-state index in [4.69, 9.17) is 81.3 Å². The first-order valence-electron chi connectivity index (χ1n) is 37.5. The van der Waals surface area contributed by atoms with Gasteiger partial charge in [0.2, 0.25) is 11.2 Å². The number of nitrogens with zero attached hydrogens (tertiary/aromatic N) is 2. The Balaban J connectivity index is 0.000000171. The lowest BCUT2D eigenvalue weighted by molar-refractivity contribution is -0.151. The summed E-state index contributed by atoms with van der Waals surface area (Å²) in [7, 11) is -7.77. The topological polar surface area (TPSA) is 432 Å². The first-order chi connectivity index (χ1) is 55.3. The zero-order chi connectivity index (χ0) is 83.7. The number of hydrogen-bond acceptors (Lipinski definition) is 24. The molecule has 5 aliphatic rings. The Morgan fingerprint density at radius 3 is 1.26 bits per heavy atom. The van der Waals surface area contributed by atoms with Crippen molar-refractivity contribution in [2.45, 2.75) is 202 Å². The minimum atomic E-state index is -4.45. The van der Waals surface area contributed by atoms with Crippen LogP contribution in [0.4, 0.5) is 0 Å². The van der Waals surface area contributed by atoms with E-state index in [1.807, 2.05) is 120 Å². The van der Waals surface area contributed by atoms with Crippen molar-refractivity contribution < 1.29 is 95.4 Å². The molecule has 4 heterocycles. The van der Waals surface area contributed by atoms with Gasteiger partial charge in [-0.15, -0.1) is 0 Å². The van der Waals surface area contributed by atoms with Crippen molar-refractivity contribution in [3.05, 3.63) is 194 Å². The fourth-order valence-corrected chi connectivity index (χ4v) is 18.7. The first kappa shape index (κ1) is 89.8. The van der Waals surface area contributed by atoms with Gasteiger partial charge >= 0.3 is 51.4 Å². The molecule has 14 atom stereocenters. The van der Waals surface area contributed by atoms with Crippen LogP contribution in [0, 0.1) is 22.6 Å². The van der Waals surface area contributed by atoms with Gasteiger partial charge in [-0.25, -0.2) is 28.9 Å². The molecule has 2 aromatic heterocycles. The summed E-state index contributed by atoms with van der Waals surface area (Å²) in [6.45, 7) is 3.34. The zero-order valence-electron chi connectivity index (χ0n) is 63.7. The summed E-state index contributed by atoms with van der Waals surface area (Å²) in [6.07, 6.45) is 4.02. The summed E-state index contributed by atoms with van der Waals surface area (Å²) in [5.74, 6) is 4.05. The summed E-state index contributed by atoms with van der Waals surface area (Å²) >= 11 is 16.8. The van der Waals surface area contributed by atoms with E-state index in [0.29, 0.717) is 16.9 Å². The second-order valence-corrected chi connectivity index (χ2v) is 36.0. The number of rotatable bonds is 25. The van der Waals surface area contributed by atoms with Gasteiger partial charge in [0.25, 0.3) is 11.1 Å². The molecule has 3 aliphatic carbocycles. The fourth-order valence-electron chi connectivity index (χ4n) is 13.5. The second kappa shape index (κ2) is 40.3. The third-order valence-corrected chi connectivity index (χ3v) is 25.8. The highest BCUT2D eigenvalue weighted by Gasteiger charge is 2.58. The first-order valence-corrected chi connectivity index (χ1v) is 44.0. The molecule has 6 aromatic carbocycles. The number of fused-ring (bicyclic) bond motifs is 3. The van der Waals surface area contributed by atoms with Crippen LogP contribution in [0.15, 0.2) is 171 Å². The number of benzene rings is 6. The number of ether oxygens (including phenoxy) is 5.